The van der Waals surface area contributed by atoms with E-state index in [4.69, 9.17) is 5.11 Å². The molecule has 0 heterocycles. The Hall–Kier alpha value is -0.790. The van der Waals surface area contributed by atoms with Crippen molar-refractivity contribution in [1.29, 1.82) is 0 Å². The molecule has 4 aliphatic rings. The topological polar surface area (TPSA) is 37.3 Å². The molecular formula is C42H74O2. The van der Waals surface area contributed by atoms with Crippen molar-refractivity contribution in [3.8, 4) is 0 Å². The van der Waals surface area contributed by atoms with E-state index >= 15 is 0 Å². The van der Waals surface area contributed by atoms with Crippen LogP contribution in [0.25, 0.3) is 0 Å². The number of unbranched alkanes of at least 4 members (excludes halogenated alkanes) is 14. The van der Waals surface area contributed by atoms with E-state index in [1.54, 1.807) is 51.4 Å². The van der Waals surface area contributed by atoms with Crippen LogP contribution in [0, 0.1) is 46.3 Å². The van der Waals surface area contributed by atoms with Gasteiger partial charge in [-0.1, -0.05) is 123 Å². The molecule has 0 saturated heterocycles. The largest absolute Gasteiger partial charge is 0.481 e. The van der Waals surface area contributed by atoms with Crippen LogP contribution in [0.3, 0.4) is 0 Å². The third-order valence-corrected chi connectivity index (χ3v) is 14.3. The van der Waals surface area contributed by atoms with Gasteiger partial charge in [0.25, 0.3) is 0 Å². The quantitative estimate of drug-likeness (QED) is 0.104. The van der Waals surface area contributed by atoms with Gasteiger partial charge in [-0.2, -0.15) is 0 Å². The van der Waals surface area contributed by atoms with E-state index in [0.29, 0.717) is 17.3 Å². The molecule has 0 spiro atoms. The fourth-order valence-corrected chi connectivity index (χ4v) is 11.7. The van der Waals surface area contributed by atoms with Gasteiger partial charge in [0.05, 0.1) is 0 Å². The Labute approximate surface area is 274 Å². The molecule has 8 atom stereocenters. The molecule has 0 amide bonds. The molecule has 4 saturated carbocycles. The summed E-state index contributed by atoms with van der Waals surface area (Å²) >= 11 is 0. The normalized spacial score (nSPS) is 34.0. The standard InChI is InChI=1S/C42H74O2/c1-34(24-20-18-16-14-12-10-8-6-4-5-7-9-11-13-15-17-19-21-26-40(43)44)37-29-30-38-36-28-27-35-25-22-23-32-41(35,2)39(36)31-33-42(37,38)3/h7,9,34-39H,4-6,8,10-33H2,1-3H3,(H,43,44)/b9-7-/t34-,35?,36+,37-,38+,39+,41+,42-/m1/s1. The number of fused-ring (bicyclic) bond motifs is 5. The van der Waals surface area contributed by atoms with Crippen LogP contribution in [0.5, 0.6) is 0 Å². The Morgan fingerprint density at radius 2 is 1.25 bits per heavy atom. The van der Waals surface area contributed by atoms with E-state index in [9.17, 15) is 4.79 Å². The van der Waals surface area contributed by atoms with E-state index < -0.39 is 5.97 Å². The van der Waals surface area contributed by atoms with E-state index in [1.807, 2.05) is 0 Å². The summed E-state index contributed by atoms with van der Waals surface area (Å²) in [5.74, 6) is 5.51. The summed E-state index contributed by atoms with van der Waals surface area (Å²) in [6.07, 6.45) is 43.0. The molecule has 2 nitrogen and oxygen atoms in total. The maximum Gasteiger partial charge on any atom is 0.303 e. The van der Waals surface area contributed by atoms with E-state index in [2.05, 4.69) is 32.9 Å². The zero-order valence-corrected chi connectivity index (χ0v) is 29.8. The Morgan fingerprint density at radius 1 is 0.659 bits per heavy atom. The number of hydrogen-bond donors (Lipinski definition) is 1. The summed E-state index contributed by atoms with van der Waals surface area (Å²) in [5, 5.41) is 8.67. The summed E-state index contributed by atoms with van der Waals surface area (Å²) < 4.78 is 0. The van der Waals surface area contributed by atoms with Crippen molar-refractivity contribution in [3.05, 3.63) is 12.2 Å². The third-order valence-electron chi connectivity index (χ3n) is 14.3. The molecule has 0 aromatic rings. The lowest BCUT2D eigenvalue weighted by atomic mass is 9.44. The van der Waals surface area contributed by atoms with Gasteiger partial charge in [0.2, 0.25) is 0 Å². The molecular weight excluding hydrogens is 536 g/mol. The van der Waals surface area contributed by atoms with Crippen molar-refractivity contribution >= 4 is 5.97 Å². The van der Waals surface area contributed by atoms with Gasteiger partial charge < -0.3 is 5.11 Å². The summed E-state index contributed by atoms with van der Waals surface area (Å²) in [5.41, 5.74) is 1.35. The minimum absolute atomic E-state index is 0.333. The Kier molecular flexibility index (Phi) is 15.2. The van der Waals surface area contributed by atoms with Crippen molar-refractivity contribution in [1.82, 2.24) is 0 Å². The van der Waals surface area contributed by atoms with Crippen molar-refractivity contribution in [2.24, 2.45) is 46.3 Å². The highest BCUT2D eigenvalue weighted by Gasteiger charge is 2.60. The molecule has 0 radical (unpaired) electrons. The van der Waals surface area contributed by atoms with Crippen LogP contribution in [0.15, 0.2) is 12.2 Å². The highest BCUT2D eigenvalue weighted by molar-refractivity contribution is 5.66. The number of allylic oxidation sites excluding steroid dienone is 2. The number of aliphatic carboxylic acids is 1. The van der Waals surface area contributed by atoms with Crippen LogP contribution >= 0.6 is 0 Å². The molecule has 44 heavy (non-hydrogen) atoms. The number of carboxylic acids is 1. The maximum absolute atomic E-state index is 10.5. The van der Waals surface area contributed by atoms with Gasteiger partial charge in [0, 0.05) is 6.42 Å². The summed E-state index contributed by atoms with van der Waals surface area (Å²) in [6.45, 7) is 8.16. The van der Waals surface area contributed by atoms with Gasteiger partial charge in [-0.25, -0.2) is 0 Å². The third kappa shape index (κ3) is 9.86. The van der Waals surface area contributed by atoms with Gasteiger partial charge in [-0.3, -0.25) is 4.79 Å². The highest BCUT2D eigenvalue weighted by Crippen LogP contribution is 2.68. The first-order chi connectivity index (χ1) is 21.4. The second kappa shape index (κ2) is 18.5. The lowest BCUT2D eigenvalue weighted by Gasteiger charge is -2.61. The predicted molar refractivity (Wildman–Crippen MR) is 189 cm³/mol. The van der Waals surface area contributed by atoms with E-state index in [-0.39, 0.29) is 0 Å². The minimum atomic E-state index is -0.656. The molecule has 1 N–H and O–H groups in total. The smallest absolute Gasteiger partial charge is 0.303 e. The number of carboxylic acid groups (broad SMARTS) is 1. The van der Waals surface area contributed by atoms with Gasteiger partial charge in [-0.05, 0) is 130 Å². The van der Waals surface area contributed by atoms with Crippen molar-refractivity contribution < 1.29 is 9.90 Å². The first-order valence-electron chi connectivity index (χ1n) is 20.2. The highest BCUT2D eigenvalue weighted by atomic mass is 16.4. The van der Waals surface area contributed by atoms with Gasteiger partial charge in [-0.15, -0.1) is 0 Å². The molecule has 1 unspecified atom stereocenters. The molecule has 0 aromatic heterocycles. The number of hydrogen-bond acceptors (Lipinski definition) is 1. The average molecular weight is 611 g/mol. The fraction of sp³-hybridized carbons (Fsp3) is 0.929. The fourth-order valence-electron chi connectivity index (χ4n) is 11.7. The van der Waals surface area contributed by atoms with E-state index in [1.165, 1.54) is 109 Å². The Morgan fingerprint density at radius 3 is 1.91 bits per heavy atom. The lowest BCUT2D eigenvalue weighted by Crippen LogP contribution is -2.53. The van der Waals surface area contributed by atoms with Gasteiger partial charge in [0.15, 0.2) is 0 Å². The van der Waals surface area contributed by atoms with Crippen LogP contribution < -0.4 is 0 Å². The zero-order valence-electron chi connectivity index (χ0n) is 29.8. The molecule has 4 rings (SSSR count). The van der Waals surface area contributed by atoms with Crippen molar-refractivity contribution in [2.45, 2.75) is 201 Å². The van der Waals surface area contributed by atoms with Crippen LogP contribution in [0.4, 0.5) is 0 Å². The molecule has 0 aliphatic heterocycles. The summed E-state index contributed by atoms with van der Waals surface area (Å²) in [7, 11) is 0. The second-order valence-electron chi connectivity index (χ2n) is 17.0. The lowest BCUT2D eigenvalue weighted by molar-refractivity contribution is -0.137. The van der Waals surface area contributed by atoms with Gasteiger partial charge in [0.1, 0.15) is 0 Å². The molecule has 0 bridgehead atoms. The molecule has 2 heteroatoms. The van der Waals surface area contributed by atoms with Crippen molar-refractivity contribution in [3.63, 3.8) is 0 Å². The number of rotatable bonds is 21. The van der Waals surface area contributed by atoms with Crippen LogP contribution in [0.1, 0.15) is 201 Å². The zero-order chi connectivity index (χ0) is 31.3. The van der Waals surface area contributed by atoms with Crippen LogP contribution in [-0.4, -0.2) is 11.1 Å². The number of carbonyl (C=O) groups is 1. The molecule has 4 fully saturated rings. The van der Waals surface area contributed by atoms with Crippen LogP contribution in [-0.2, 0) is 4.79 Å². The molecule has 0 aromatic carbocycles. The first kappa shape index (κ1) is 36.1. The molecule has 4 aliphatic carbocycles. The SMILES string of the molecule is C[C@H](CCCCCCCCCCC/C=C\CCCCCCCC(=O)O)[C@H]1CC[C@H]2[C@@H]3CCC4CCCC[C@]4(C)[C@H]3CC[C@]12C. The summed E-state index contributed by atoms with van der Waals surface area (Å²) in [4.78, 5) is 10.5. The maximum atomic E-state index is 10.5. The first-order valence-corrected chi connectivity index (χ1v) is 20.2. The average Bonchev–Trinajstić information content (AvgIpc) is 3.37. The second-order valence-corrected chi connectivity index (χ2v) is 17.0. The summed E-state index contributed by atoms with van der Waals surface area (Å²) in [6, 6.07) is 0. The predicted octanol–water partition coefficient (Wildman–Crippen LogP) is 13.3. The van der Waals surface area contributed by atoms with Gasteiger partial charge >= 0.3 is 5.97 Å². The monoisotopic (exact) mass is 611 g/mol. The van der Waals surface area contributed by atoms with Crippen molar-refractivity contribution in [2.75, 3.05) is 0 Å². The Balaban J connectivity index is 0.978. The Bertz CT molecular complexity index is 847. The minimum Gasteiger partial charge on any atom is -0.481 e. The molecule has 254 valence electrons. The van der Waals surface area contributed by atoms with Crippen LogP contribution in [0.2, 0.25) is 0 Å². The van der Waals surface area contributed by atoms with E-state index in [0.717, 1.165) is 48.3 Å².